The zero-order chi connectivity index (χ0) is 14.3. The van der Waals surface area contributed by atoms with Crippen molar-refractivity contribution >= 4 is 58.0 Å². The number of halogens is 5. The summed E-state index contributed by atoms with van der Waals surface area (Å²) in [5, 5.41) is 0.679. The molecule has 19 heavy (non-hydrogen) atoms. The first-order valence-corrected chi connectivity index (χ1v) is 7.00. The Morgan fingerprint density at radius 3 is 2.21 bits per heavy atom. The molecule has 1 aromatic carbocycles. The van der Waals surface area contributed by atoms with E-state index in [1.165, 1.54) is 11.6 Å². The van der Waals surface area contributed by atoms with Crippen LogP contribution in [0.25, 0.3) is 0 Å². The van der Waals surface area contributed by atoms with Gasteiger partial charge in [-0.15, -0.1) is 0 Å². The minimum absolute atomic E-state index is 0.130. The van der Waals surface area contributed by atoms with Gasteiger partial charge in [0.25, 0.3) is 0 Å². The van der Waals surface area contributed by atoms with Crippen molar-refractivity contribution in [3.8, 4) is 11.5 Å². The van der Waals surface area contributed by atoms with Crippen molar-refractivity contribution in [3.05, 3.63) is 44.4 Å². The van der Waals surface area contributed by atoms with Gasteiger partial charge in [-0.1, -0.05) is 58.0 Å². The van der Waals surface area contributed by atoms with Crippen LogP contribution in [0.5, 0.6) is 11.5 Å². The molecule has 0 amide bonds. The van der Waals surface area contributed by atoms with Gasteiger partial charge in [0, 0.05) is 17.7 Å². The molecule has 0 aliphatic rings. The van der Waals surface area contributed by atoms with Gasteiger partial charge < -0.3 is 9.47 Å². The summed E-state index contributed by atoms with van der Waals surface area (Å²) in [6, 6.07) is 3.17. The Morgan fingerprint density at radius 1 is 1.05 bits per heavy atom. The summed E-state index contributed by atoms with van der Waals surface area (Å²) in [5.74, 6) is 0.859. The Kier molecular flexibility index (Phi) is 7.81. The van der Waals surface area contributed by atoms with E-state index in [4.69, 9.17) is 67.5 Å². The number of hydrogen-bond donors (Lipinski definition) is 0. The lowest BCUT2D eigenvalue weighted by Gasteiger charge is -2.10. The molecule has 0 aliphatic heterocycles. The summed E-state index contributed by atoms with van der Waals surface area (Å²) in [6.45, 7) is 0.484. The molecule has 0 N–H and O–H groups in total. The van der Waals surface area contributed by atoms with Crippen molar-refractivity contribution in [3.63, 3.8) is 0 Å². The van der Waals surface area contributed by atoms with E-state index < -0.39 is 0 Å². The first-order chi connectivity index (χ1) is 9.04. The summed E-state index contributed by atoms with van der Waals surface area (Å²) >= 11 is 28.4. The zero-order valence-corrected chi connectivity index (χ0v) is 13.3. The van der Waals surface area contributed by atoms with E-state index in [1.807, 2.05) is 0 Å². The highest BCUT2D eigenvalue weighted by Gasteiger charge is 2.10. The zero-order valence-electron chi connectivity index (χ0n) is 9.51. The third-order valence-electron chi connectivity index (χ3n) is 1.87. The van der Waals surface area contributed by atoms with Crippen LogP contribution in [0.2, 0.25) is 10.0 Å². The van der Waals surface area contributed by atoms with Gasteiger partial charge in [-0.2, -0.15) is 0 Å². The fourth-order valence-electron chi connectivity index (χ4n) is 1.13. The highest BCUT2D eigenvalue weighted by atomic mass is 35.5. The lowest BCUT2D eigenvalue weighted by Crippen LogP contribution is -1.97. The van der Waals surface area contributed by atoms with Gasteiger partial charge in [0.2, 0.25) is 0 Å². The number of benzene rings is 1. The van der Waals surface area contributed by atoms with E-state index in [-0.39, 0.29) is 17.7 Å². The summed E-state index contributed by atoms with van der Waals surface area (Å²) in [7, 11) is 0. The van der Waals surface area contributed by atoms with Crippen LogP contribution in [0.4, 0.5) is 0 Å². The molecule has 7 heteroatoms. The van der Waals surface area contributed by atoms with Crippen molar-refractivity contribution in [1.29, 1.82) is 0 Å². The molecular weight excluding hydrogens is 353 g/mol. The van der Waals surface area contributed by atoms with Crippen LogP contribution in [-0.4, -0.2) is 13.2 Å². The Morgan fingerprint density at radius 2 is 1.68 bits per heavy atom. The highest BCUT2D eigenvalue weighted by molar-refractivity contribution is 6.55. The van der Waals surface area contributed by atoms with Gasteiger partial charge in [-0.3, -0.25) is 0 Å². The largest absolute Gasteiger partial charge is 0.489 e. The van der Waals surface area contributed by atoms with Crippen molar-refractivity contribution in [2.75, 3.05) is 13.2 Å². The second kappa shape index (κ2) is 8.83. The fourth-order valence-corrected chi connectivity index (χ4v) is 1.90. The normalized spacial score (nSPS) is 10.6. The molecule has 1 rings (SSSR count). The molecule has 0 radical (unpaired) electrons. The molecule has 1 aromatic rings. The maximum absolute atomic E-state index is 6.04. The van der Waals surface area contributed by atoms with Crippen LogP contribution in [0.1, 0.15) is 0 Å². The second-order valence-corrected chi connectivity index (χ2v) is 5.27. The molecule has 0 spiro atoms. The second-order valence-electron chi connectivity index (χ2n) is 3.19. The summed E-state index contributed by atoms with van der Waals surface area (Å²) < 4.78 is 10.8. The molecule has 0 aromatic heterocycles. The van der Waals surface area contributed by atoms with Gasteiger partial charge in [-0.05, 0) is 12.2 Å². The summed E-state index contributed by atoms with van der Waals surface area (Å²) in [4.78, 5) is 0. The molecule has 0 atom stereocenters. The lowest BCUT2D eigenvalue weighted by molar-refractivity contribution is 0.353. The molecule has 0 saturated carbocycles. The first-order valence-electron chi connectivity index (χ1n) is 5.05. The van der Waals surface area contributed by atoms with Crippen molar-refractivity contribution in [2.24, 2.45) is 0 Å². The fraction of sp³-hybridized carbons (Fsp3) is 0.167. The highest BCUT2D eigenvalue weighted by Crippen LogP contribution is 2.37. The van der Waals surface area contributed by atoms with Crippen LogP contribution in [0.3, 0.4) is 0 Å². The third kappa shape index (κ3) is 6.15. The van der Waals surface area contributed by atoms with Gasteiger partial charge in [0.15, 0.2) is 5.75 Å². The molecule has 0 aliphatic carbocycles. The molecule has 0 heterocycles. The molecule has 0 bridgehead atoms. The van der Waals surface area contributed by atoms with Crippen LogP contribution >= 0.6 is 58.0 Å². The molecule has 0 fully saturated rings. The Labute approximate surface area is 136 Å². The quantitative estimate of drug-likeness (QED) is 0.634. The van der Waals surface area contributed by atoms with Gasteiger partial charge in [0.05, 0.1) is 10.0 Å². The Bertz CT molecular complexity index is 458. The Hall–Kier alpha value is -0.250. The standard InChI is InChI=1S/C12H9Cl5O2/c13-3-1-4-19-12-9(14)6-8(7-10(12)15)18-5-2-11(16)17/h1-3,6-7H,4-5H2/b3-1+. The SMILES string of the molecule is Cl/C=C/COc1c(Cl)cc(OCC=C(Cl)Cl)cc1Cl. The molecule has 0 saturated heterocycles. The Balaban J connectivity index is 2.75. The minimum atomic E-state index is 0.130. The number of rotatable bonds is 6. The van der Waals surface area contributed by atoms with Crippen molar-refractivity contribution in [2.45, 2.75) is 0 Å². The lowest BCUT2D eigenvalue weighted by atomic mass is 10.3. The minimum Gasteiger partial charge on any atom is -0.489 e. The van der Waals surface area contributed by atoms with E-state index in [2.05, 4.69) is 0 Å². The van der Waals surface area contributed by atoms with E-state index in [0.717, 1.165) is 0 Å². The third-order valence-corrected chi connectivity index (χ3v) is 2.92. The van der Waals surface area contributed by atoms with E-state index in [9.17, 15) is 0 Å². The van der Waals surface area contributed by atoms with Crippen LogP contribution in [-0.2, 0) is 0 Å². The molecular formula is C12H9Cl5O2. The average molecular weight is 362 g/mol. The monoisotopic (exact) mass is 360 g/mol. The number of ether oxygens (including phenoxy) is 2. The summed E-state index contributed by atoms with van der Waals surface area (Å²) in [6.07, 6.45) is 3.12. The predicted molar refractivity (Wildman–Crippen MR) is 82.2 cm³/mol. The van der Waals surface area contributed by atoms with Crippen LogP contribution in [0, 0.1) is 0 Å². The first kappa shape index (κ1) is 16.8. The number of hydrogen-bond acceptors (Lipinski definition) is 2. The smallest absolute Gasteiger partial charge is 0.157 e. The average Bonchev–Trinajstić information content (AvgIpc) is 2.32. The van der Waals surface area contributed by atoms with Gasteiger partial charge >= 0.3 is 0 Å². The maximum Gasteiger partial charge on any atom is 0.157 e. The van der Waals surface area contributed by atoms with Crippen molar-refractivity contribution in [1.82, 2.24) is 0 Å². The van der Waals surface area contributed by atoms with E-state index >= 15 is 0 Å². The topological polar surface area (TPSA) is 18.5 Å². The van der Waals surface area contributed by atoms with Crippen molar-refractivity contribution < 1.29 is 9.47 Å². The predicted octanol–water partition coefficient (Wildman–Crippen LogP) is 5.82. The van der Waals surface area contributed by atoms with Crippen LogP contribution in [0.15, 0.2) is 34.3 Å². The molecule has 104 valence electrons. The van der Waals surface area contributed by atoms with E-state index in [0.29, 0.717) is 21.5 Å². The van der Waals surface area contributed by atoms with Gasteiger partial charge in [0.1, 0.15) is 23.5 Å². The van der Waals surface area contributed by atoms with Gasteiger partial charge in [-0.25, -0.2) is 0 Å². The summed E-state index contributed by atoms with van der Waals surface area (Å²) in [5.41, 5.74) is 1.35. The molecule has 0 unspecified atom stereocenters. The van der Waals surface area contributed by atoms with E-state index in [1.54, 1.807) is 18.2 Å². The van der Waals surface area contributed by atoms with Crippen LogP contribution < -0.4 is 9.47 Å². The molecule has 2 nitrogen and oxygen atoms in total. The maximum atomic E-state index is 6.04.